The molecule has 1 aliphatic rings. The average molecular weight is 554 g/mol. The van der Waals surface area contributed by atoms with Crippen molar-refractivity contribution in [2.24, 2.45) is 0 Å². The zero-order valence-corrected chi connectivity index (χ0v) is 22.9. The van der Waals surface area contributed by atoms with E-state index in [2.05, 4.69) is 28.2 Å². The van der Waals surface area contributed by atoms with Crippen molar-refractivity contribution in [3.63, 3.8) is 0 Å². The topological polar surface area (TPSA) is 84.9 Å². The average Bonchev–Trinajstić information content (AvgIpc) is 2.83. The lowest BCUT2D eigenvalue weighted by Gasteiger charge is -2.34. The van der Waals surface area contributed by atoms with Crippen LogP contribution < -0.4 is 10.1 Å². The van der Waals surface area contributed by atoms with Crippen LogP contribution in [-0.4, -0.2) is 55.0 Å². The number of aryl methyl sites for hydroxylation is 1. The van der Waals surface area contributed by atoms with Crippen LogP contribution in [0.25, 0.3) is 0 Å². The van der Waals surface area contributed by atoms with Crippen LogP contribution in [0, 0.1) is 6.92 Å². The lowest BCUT2D eigenvalue weighted by atomic mass is 10.1. The second-order valence-corrected chi connectivity index (χ2v) is 10.1. The van der Waals surface area contributed by atoms with E-state index in [1.807, 2.05) is 19.1 Å². The molecule has 1 aliphatic heterocycles. The van der Waals surface area contributed by atoms with E-state index in [1.54, 1.807) is 6.07 Å². The smallest absolute Gasteiger partial charge is 0.308 e. The first kappa shape index (κ1) is 29.1. The number of esters is 1. The molecule has 0 spiro atoms. The van der Waals surface area contributed by atoms with Gasteiger partial charge in [-0.15, -0.1) is 0 Å². The molecule has 0 bridgehead atoms. The molecule has 7 nitrogen and oxygen atoms in total. The first-order valence-corrected chi connectivity index (χ1v) is 13.8. The minimum atomic E-state index is -0.869. The molecule has 0 saturated carbocycles. The predicted molar refractivity (Wildman–Crippen MR) is 140 cm³/mol. The van der Waals surface area contributed by atoms with E-state index in [9.17, 15) is 14.4 Å². The van der Waals surface area contributed by atoms with Crippen molar-refractivity contribution >= 4 is 33.7 Å². The van der Waals surface area contributed by atoms with E-state index >= 15 is 0 Å². The maximum absolute atomic E-state index is 12.8. The van der Waals surface area contributed by atoms with Crippen LogP contribution >= 0.6 is 15.9 Å². The third-order valence-electron chi connectivity index (χ3n) is 6.26. The molecule has 1 atom stereocenters. The highest BCUT2D eigenvalue weighted by Gasteiger charge is 2.35. The highest BCUT2D eigenvalue weighted by atomic mass is 79.9. The van der Waals surface area contributed by atoms with Gasteiger partial charge in [-0.05, 0) is 37.1 Å². The summed E-state index contributed by atoms with van der Waals surface area (Å²) in [7, 11) is 0. The van der Waals surface area contributed by atoms with Crippen LogP contribution in [0.3, 0.4) is 0 Å². The van der Waals surface area contributed by atoms with Gasteiger partial charge in [-0.25, -0.2) is 0 Å². The number of rotatable bonds is 16. The van der Waals surface area contributed by atoms with Crippen molar-refractivity contribution in [3.05, 3.63) is 28.2 Å². The summed E-state index contributed by atoms with van der Waals surface area (Å²) in [5.41, 5.74) is 0.899. The molecule has 1 fully saturated rings. The number of carbonyl (C=O) groups is 3. The molecule has 0 radical (unpaired) electrons. The Morgan fingerprint density at radius 2 is 1.71 bits per heavy atom. The fraction of sp³-hybridized carbons (Fsp3) is 0.667. The molecule has 2 amide bonds. The number of unbranched alkanes of at least 4 members (excludes halogenated alkanes) is 9. The van der Waals surface area contributed by atoms with Gasteiger partial charge in [0.15, 0.2) is 6.61 Å². The summed E-state index contributed by atoms with van der Waals surface area (Å²) in [5, 5.41) is 2.74. The monoisotopic (exact) mass is 552 g/mol. The number of hydrogen-bond donors (Lipinski definition) is 1. The summed E-state index contributed by atoms with van der Waals surface area (Å²) >= 11 is 3.40. The maximum Gasteiger partial charge on any atom is 0.308 e. The van der Waals surface area contributed by atoms with Gasteiger partial charge in [0.2, 0.25) is 5.91 Å². The molecule has 8 heteroatoms. The fourth-order valence-corrected chi connectivity index (χ4v) is 4.68. The van der Waals surface area contributed by atoms with E-state index in [0.717, 1.165) is 29.3 Å². The lowest BCUT2D eigenvalue weighted by molar-refractivity contribution is -0.152. The van der Waals surface area contributed by atoms with E-state index in [1.165, 1.54) is 49.8 Å². The zero-order valence-electron chi connectivity index (χ0n) is 21.3. The molecule has 0 aliphatic carbocycles. The number of carbonyl (C=O) groups excluding carboxylic acids is 3. The Kier molecular flexibility index (Phi) is 13.8. The third kappa shape index (κ3) is 11.0. The molecule has 1 aromatic carbocycles. The van der Waals surface area contributed by atoms with E-state index < -0.39 is 12.0 Å². The Labute approximate surface area is 218 Å². The normalized spacial score (nSPS) is 15.6. The molecular formula is C27H41BrN2O5. The number of piperazine rings is 1. The first-order chi connectivity index (χ1) is 16.9. The molecule has 1 heterocycles. The van der Waals surface area contributed by atoms with Crippen LogP contribution in [0.4, 0.5) is 0 Å². The summed E-state index contributed by atoms with van der Waals surface area (Å²) in [6.07, 6.45) is 11.9. The minimum absolute atomic E-state index is 0.146. The number of amides is 2. The van der Waals surface area contributed by atoms with Crippen molar-refractivity contribution in [1.29, 1.82) is 0 Å². The molecule has 35 heavy (non-hydrogen) atoms. The van der Waals surface area contributed by atoms with Gasteiger partial charge in [0.05, 0.1) is 13.0 Å². The lowest BCUT2D eigenvalue weighted by Crippen LogP contribution is -2.58. The summed E-state index contributed by atoms with van der Waals surface area (Å²) in [5.74, 6) is -0.504. The third-order valence-corrected chi connectivity index (χ3v) is 6.75. The summed E-state index contributed by atoms with van der Waals surface area (Å²) in [4.78, 5) is 39.0. The van der Waals surface area contributed by atoms with Crippen molar-refractivity contribution < 1.29 is 23.9 Å². The van der Waals surface area contributed by atoms with Crippen molar-refractivity contribution in [3.8, 4) is 5.75 Å². The Bertz CT molecular complexity index is 817. The van der Waals surface area contributed by atoms with Crippen LogP contribution in [0.2, 0.25) is 0 Å². The Morgan fingerprint density at radius 3 is 2.37 bits per heavy atom. The van der Waals surface area contributed by atoms with E-state index in [4.69, 9.17) is 9.47 Å². The standard InChI is InChI=1S/C27H41BrN2O5/c1-3-4-5-6-7-8-9-10-11-12-17-34-26(32)19-23-27(33)29-15-16-30(23)25(31)20-35-24-14-13-22(28)18-21(24)2/h13-14,18,23H,3-12,15-17,19-20H2,1-2H3,(H,29,33). The molecule has 2 rings (SSSR count). The van der Waals surface area contributed by atoms with Crippen LogP contribution in [0.5, 0.6) is 5.75 Å². The summed E-state index contributed by atoms with van der Waals surface area (Å²) in [6.45, 7) is 4.97. The van der Waals surface area contributed by atoms with Gasteiger partial charge in [-0.3, -0.25) is 14.4 Å². The number of nitrogens with one attached hydrogen (secondary N) is 1. The van der Waals surface area contributed by atoms with Crippen molar-refractivity contribution in [2.45, 2.75) is 90.5 Å². The fourth-order valence-electron chi connectivity index (χ4n) is 4.21. The molecule has 1 aromatic rings. The Hall–Kier alpha value is -2.09. The minimum Gasteiger partial charge on any atom is -0.483 e. The number of ether oxygens (including phenoxy) is 2. The number of hydrogen-bond acceptors (Lipinski definition) is 5. The van der Waals surface area contributed by atoms with Gasteiger partial charge < -0.3 is 19.7 Å². The highest BCUT2D eigenvalue weighted by molar-refractivity contribution is 9.10. The van der Waals surface area contributed by atoms with Crippen molar-refractivity contribution in [1.82, 2.24) is 10.2 Å². The second kappa shape index (κ2) is 16.6. The molecule has 1 N–H and O–H groups in total. The summed E-state index contributed by atoms with van der Waals surface area (Å²) in [6, 6.07) is 4.67. The SMILES string of the molecule is CCCCCCCCCCCCOC(=O)CC1C(=O)NCCN1C(=O)COc1ccc(Br)cc1C. The van der Waals surface area contributed by atoms with Crippen LogP contribution in [0.1, 0.15) is 83.1 Å². The largest absolute Gasteiger partial charge is 0.483 e. The van der Waals surface area contributed by atoms with Crippen molar-refractivity contribution in [2.75, 3.05) is 26.3 Å². The molecule has 1 saturated heterocycles. The quantitative estimate of drug-likeness (QED) is 0.221. The van der Waals surface area contributed by atoms with Crippen LogP contribution in [0.15, 0.2) is 22.7 Å². The molecule has 1 unspecified atom stereocenters. The van der Waals surface area contributed by atoms with E-state index in [0.29, 0.717) is 25.4 Å². The number of benzene rings is 1. The first-order valence-electron chi connectivity index (χ1n) is 13.0. The number of halogens is 1. The van der Waals surface area contributed by atoms with Gasteiger partial charge >= 0.3 is 5.97 Å². The molecule has 196 valence electrons. The van der Waals surface area contributed by atoms with Gasteiger partial charge in [0, 0.05) is 17.6 Å². The molecule has 0 aromatic heterocycles. The van der Waals surface area contributed by atoms with Gasteiger partial charge in [0.1, 0.15) is 11.8 Å². The predicted octanol–water partition coefficient (Wildman–Crippen LogP) is 5.32. The maximum atomic E-state index is 12.8. The van der Waals surface area contributed by atoms with Crippen LogP contribution in [-0.2, 0) is 19.1 Å². The van der Waals surface area contributed by atoms with Gasteiger partial charge in [-0.2, -0.15) is 0 Å². The van der Waals surface area contributed by atoms with Gasteiger partial charge in [0.25, 0.3) is 5.91 Å². The zero-order chi connectivity index (χ0) is 25.5. The highest BCUT2D eigenvalue weighted by Crippen LogP contribution is 2.22. The second-order valence-electron chi connectivity index (χ2n) is 9.20. The number of nitrogens with zero attached hydrogens (tertiary/aromatic N) is 1. The van der Waals surface area contributed by atoms with Gasteiger partial charge in [-0.1, -0.05) is 80.6 Å². The Balaban J connectivity index is 1.68. The van der Waals surface area contributed by atoms with E-state index in [-0.39, 0.29) is 24.8 Å². The molecular weight excluding hydrogens is 512 g/mol. The summed E-state index contributed by atoms with van der Waals surface area (Å²) < 4.78 is 12.0. The Morgan fingerprint density at radius 1 is 1.06 bits per heavy atom.